The minimum absolute atomic E-state index is 0.264. The number of nitrogens with one attached hydrogen (secondary N) is 2. The summed E-state index contributed by atoms with van der Waals surface area (Å²) in [7, 11) is 1.55. The molecule has 0 aromatic heterocycles. The number of carbonyl (C=O) groups is 2. The van der Waals surface area contributed by atoms with Crippen LogP contribution in [-0.4, -0.2) is 31.3 Å². The number of amides is 2. The van der Waals surface area contributed by atoms with Crippen molar-refractivity contribution in [3.05, 3.63) is 23.8 Å². The highest BCUT2D eigenvalue weighted by atomic mass is 16.6. The highest BCUT2D eigenvalue weighted by molar-refractivity contribution is 5.91. The van der Waals surface area contributed by atoms with E-state index in [2.05, 4.69) is 10.6 Å². The fourth-order valence-electron chi connectivity index (χ4n) is 1.91. The van der Waals surface area contributed by atoms with Crippen LogP contribution in [0.4, 0.5) is 10.5 Å². The molecule has 6 heteroatoms. The lowest BCUT2D eigenvalue weighted by atomic mass is 10.2. The topological polar surface area (TPSA) is 76.7 Å². The van der Waals surface area contributed by atoms with Crippen molar-refractivity contribution in [2.24, 2.45) is 0 Å². The first-order valence-corrected chi connectivity index (χ1v) is 7.62. The standard InChI is InChI=1S/C17H26N2O4/c1-12-8-9-14(22-5)13(11-12)19-16(21)18-10-6-7-15(20)23-17(2,3)4/h8-9,11H,6-7,10H2,1-5H3,(H2,18,19,21). The van der Waals surface area contributed by atoms with Crippen LogP contribution in [0.25, 0.3) is 0 Å². The first-order chi connectivity index (χ1) is 10.7. The molecule has 0 unspecified atom stereocenters. The summed E-state index contributed by atoms with van der Waals surface area (Å²) in [4.78, 5) is 23.4. The third-order valence-electron chi connectivity index (χ3n) is 2.87. The summed E-state index contributed by atoms with van der Waals surface area (Å²) < 4.78 is 10.4. The van der Waals surface area contributed by atoms with Crippen LogP contribution in [-0.2, 0) is 9.53 Å². The third-order valence-corrected chi connectivity index (χ3v) is 2.87. The van der Waals surface area contributed by atoms with Crippen LogP contribution in [0.2, 0.25) is 0 Å². The van der Waals surface area contributed by atoms with Crippen LogP contribution in [0.15, 0.2) is 18.2 Å². The van der Waals surface area contributed by atoms with Crippen molar-refractivity contribution >= 4 is 17.7 Å². The Bertz CT molecular complexity index is 550. The average Bonchev–Trinajstić information content (AvgIpc) is 2.42. The molecule has 0 saturated heterocycles. The van der Waals surface area contributed by atoms with E-state index in [9.17, 15) is 9.59 Å². The number of ether oxygens (including phenoxy) is 2. The summed E-state index contributed by atoms with van der Waals surface area (Å²) in [6.07, 6.45) is 0.790. The van der Waals surface area contributed by atoms with Crippen LogP contribution in [0.3, 0.4) is 0 Å². The quantitative estimate of drug-likeness (QED) is 0.622. The number of benzene rings is 1. The summed E-state index contributed by atoms with van der Waals surface area (Å²) in [5.74, 6) is 0.333. The Kier molecular flexibility index (Phi) is 6.88. The van der Waals surface area contributed by atoms with Gasteiger partial charge in [0.1, 0.15) is 11.4 Å². The Balaban J connectivity index is 2.35. The molecule has 0 saturated carbocycles. The molecule has 0 heterocycles. The summed E-state index contributed by atoms with van der Waals surface area (Å²) in [5.41, 5.74) is 1.15. The van der Waals surface area contributed by atoms with Crippen molar-refractivity contribution in [2.75, 3.05) is 19.0 Å². The van der Waals surface area contributed by atoms with Gasteiger partial charge in [-0.05, 0) is 51.8 Å². The van der Waals surface area contributed by atoms with Crippen molar-refractivity contribution in [1.29, 1.82) is 0 Å². The summed E-state index contributed by atoms with van der Waals surface area (Å²) in [6, 6.07) is 5.20. The summed E-state index contributed by atoms with van der Waals surface area (Å²) in [5, 5.41) is 5.44. The number of methoxy groups -OCH3 is 1. The average molecular weight is 322 g/mol. The van der Waals surface area contributed by atoms with E-state index in [4.69, 9.17) is 9.47 Å². The molecular formula is C17H26N2O4. The van der Waals surface area contributed by atoms with Crippen LogP contribution < -0.4 is 15.4 Å². The first kappa shape index (κ1) is 18.8. The Morgan fingerprint density at radius 2 is 1.91 bits per heavy atom. The number of hydrogen-bond donors (Lipinski definition) is 2. The minimum atomic E-state index is -0.483. The molecule has 0 aliphatic rings. The number of esters is 1. The molecule has 1 rings (SSSR count). The van der Waals surface area contributed by atoms with Gasteiger partial charge >= 0.3 is 12.0 Å². The molecule has 0 fully saturated rings. The van der Waals surface area contributed by atoms with Gasteiger partial charge in [-0.25, -0.2) is 4.79 Å². The molecule has 128 valence electrons. The van der Waals surface area contributed by atoms with Crippen molar-refractivity contribution in [3.63, 3.8) is 0 Å². The van der Waals surface area contributed by atoms with Crippen LogP contribution >= 0.6 is 0 Å². The van der Waals surface area contributed by atoms with Crippen molar-refractivity contribution in [1.82, 2.24) is 5.32 Å². The molecule has 0 atom stereocenters. The van der Waals surface area contributed by atoms with E-state index in [0.29, 0.717) is 24.4 Å². The number of anilines is 1. The van der Waals surface area contributed by atoms with Crippen LogP contribution in [0.5, 0.6) is 5.75 Å². The van der Waals surface area contributed by atoms with Gasteiger partial charge in [0, 0.05) is 13.0 Å². The van der Waals surface area contributed by atoms with E-state index in [1.807, 2.05) is 39.8 Å². The zero-order chi connectivity index (χ0) is 17.5. The zero-order valence-corrected chi connectivity index (χ0v) is 14.5. The normalized spacial score (nSPS) is 10.8. The van der Waals surface area contributed by atoms with Crippen LogP contribution in [0.1, 0.15) is 39.2 Å². The molecule has 1 aromatic carbocycles. The van der Waals surface area contributed by atoms with Crippen LogP contribution in [0, 0.1) is 6.92 Å². The van der Waals surface area contributed by atoms with Crippen molar-refractivity contribution in [2.45, 2.75) is 46.1 Å². The van der Waals surface area contributed by atoms with Gasteiger partial charge < -0.3 is 20.1 Å². The zero-order valence-electron chi connectivity index (χ0n) is 14.5. The molecule has 0 radical (unpaired) electrons. The van der Waals surface area contributed by atoms with Gasteiger partial charge in [-0.15, -0.1) is 0 Å². The largest absolute Gasteiger partial charge is 0.495 e. The maximum absolute atomic E-state index is 11.9. The highest BCUT2D eigenvalue weighted by Gasteiger charge is 2.15. The third kappa shape index (κ3) is 7.54. The lowest BCUT2D eigenvalue weighted by molar-refractivity contribution is -0.154. The van der Waals surface area contributed by atoms with Gasteiger partial charge in [-0.3, -0.25) is 4.79 Å². The Morgan fingerprint density at radius 1 is 1.22 bits per heavy atom. The second-order valence-electron chi connectivity index (χ2n) is 6.27. The number of aryl methyl sites for hydroxylation is 1. The summed E-state index contributed by atoms with van der Waals surface area (Å²) in [6.45, 7) is 7.80. The Morgan fingerprint density at radius 3 is 2.52 bits per heavy atom. The molecule has 0 spiro atoms. The maximum atomic E-state index is 11.9. The highest BCUT2D eigenvalue weighted by Crippen LogP contribution is 2.24. The van der Waals surface area contributed by atoms with E-state index in [-0.39, 0.29) is 18.4 Å². The lowest BCUT2D eigenvalue weighted by Crippen LogP contribution is -2.30. The van der Waals surface area contributed by atoms with E-state index in [0.717, 1.165) is 5.56 Å². The summed E-state index contributed by atoms with van der Waals surface area (Å²) >= 11 is 0. The Hall–Kier alpha value is -2.24. The van der Waals surface area contributed by atoms with E-state index < -0.39 is 5.60 Å². The van der Waals surface area contributed by atoms with Gasteiger partial charge in [-0.1, -0.05) is 6.07 Å². The van der Waals surface area contributed by atoms with Gasteiger partial charge in [0.15, 0.2) is 0 Å². The molecule has 0 aliphatic heterocycles. The number of urea groups is 1. The molecule has 0 aliphatic carbocycles. The predicted molar refractivity (Wildman–Crippen MR) is 89.8 cm³/mol. The predicted octanol–water partition coefficient (Wildman–Crippen LogP) is 3.25. The van der Waals surface area contributed by atoms with Gasteiger partial charge in [0.05, 0.1) is 12.8 Å². The molecule has 2 amide bonds. The SMILES string of the molecule is COc1ccc(C)cc1NC(=O)NCCCC(=O)OC(C)(C)C. The number of carbonyl (C=O) groups excluding carboxylic acids is 2. The second-order valence-corrected chi connectivity index (χ2v) is 6.27. The fraction of sp³-hybridized carbons (Fsp3) is 0.529. The van der Waals surface area contributed by atoms with Gasteiger partial charge in [-0.2, -0.15) is 0 Å². The molecule has 0 bridgehead atoms. The first-order valence-electron chi connectivity index (χ1n) is 7.62. The monoisotopic (exact) mass is 322 g/mol. The second kappa shape index (κ2) is 8.41. The lowest BCUT2D eigenvalue weighted by Gasteiger charge is -2.19. The molecule has 2 N–H and O–H groups in total. The number of hydrogen-bond acceptors (Lipinski definition) is 4. The molecule has 1 aromatic rings. The van der Waals surface area contributed by atoms with Crippen molar-refractivity contribution < 1.29 is 19.1 Å². The van der Waals surface area contributed by atoms with Gasteiger partial charge in [0.25, 0.3) is 0 Å². The Labute approximate surface area is 137 Å². The van der Waals surface area contributed by atoms with E-state index in [1.54, 1.807) is 13.2 Å². The maximum Gasteiger partial charge on any atom is 0.319 e. The minimum Gasteiger partial charge on any atom is -0.495 e. The van der Waals surface area contributed by atoms with Gasteiger partial charge in [0.2, 0.25) is 0 Å². The van der Waals surface area contributed by atoms with E-state index in [1.165, 1.54) is 0 Å². The number of rotatable bonds is 6. The van der Waals surface area contributed by atoms with E-state index >= 15 is 0 Å². The smallest absolute Gasteiger partial charge is 0.319 e. The van der Waals surface area contributed by atoms with Crippen molar-refractivity contribution in [3.8, 4) is 5.75 Å². The molecule has 23 heavy (non-hydrogen) atoms. The fourth-order valence-corrected chi connectivity index (χ4v) is 1.91. The molecule has 6 nitrogen and oxygen atoms in total. The molecular weight excluding hydrogens is 296 g/mol.